The molecule has 98 valence electrons. The number of nitrogens with zero attached hydrogens (tertiary/aromatic N) is 2. The summed E-state index contributed by atoms with van der Waals surface area (Å²) in [5, 5.41) is 9.30. The predicted molar refractivity (Wildman–Crippen MR) is 68.1 cm³/mol. The smallest absolute Gasteiger partial charge is 0.267 e. The zero-order valence-electron chi connectivity index (χ0n) is 10.8. The van der Waals surface area contributed by atoms with Crippen LogP contribution in [0.2, 0.25) is 0 Å². The van der Waals surface area contributed by atoms with Crippen molar-refractivity contribution in [1.29, 1.82) is 5.26 Å². The van der Waals surface area contributed by atoms with E-state index in [2.05, 4.69) is 6.07 Å². The normalized spacial score (nSPS) is 23.9. The van der Waals surface area contributed by atoms with Crippen molar-refractivity contribution in [3.05, 3.63) is 23.8 Å². The number of hydrogen-bond donors (Lipinski definition) is 0. The summed E-state index contributed by atoms with van der Waals surface area (Å²) >= 11 is 0. The van der Waals surface area contributed by atoms with Crippen LogP contribution in [-0.4, -0.2) is 32.3 Å². The first kappa shape index (κ1) is 12.0. The van der Waals surface area contributed by atoms with Crippen molar-refractivity contribution in [2.75, 3.05) is 25.2 Å². The van der Waals surface area contributed by atoms with Crippen LogP contribution in [0.1, 0.15) is 12.5 Å². The molecule has 1 unspecified atom stereocenters. The third-order valence-corrected chi connectivity index (χ3v) is 3.77. The molecule has 0 bridgehead atoms. The second-order valence-corrected chi connectivity index (χ2v) is 5.03. The summed E-state index contributed by atoms with van der Waals surface area (Å²) in [5.41, 5.74) is 1.05. The Kier molecular flexibility index (Phi) is 2.51. The van der Waals surface area contributed by atoms with Crippen LogP contribution in [0.4, 0.5) is 5.69 Å². The third kappa shape index (κ3) is 1.60. The van der Waals surface area contributed by atoms with Crippen molar-refractivity contribution in [2.45, 2.75) is 18.4 Å². The van der Waals surface area contributed by atoms with Gasteiger partial charge < -0.3 is 14.4 Å². The molecule has 1 saturated heterocycles. The number of benzene rings is 1. The van der Waals surface area contributed by atoms with E-state index in [1.165, 1.54) is 0 Å². The minimum absolute atomic E-state index is 0.0674. The maximum Gasteiger partial charge on any atom is 0.267 e. The van der Waals surface area contributed by atoms with E-state index in [0.717, 1.165) is 11.3 Å². The zero-order valence-corrected chi connectivity index (χ0v) is 10.8. The lowest BCUT2D eigenvalue weighted by Crippen LogP contribution is -2.46. The van der Waals surface area contributed by atoms with Gasteiger partial charge in [0.05, 0.1) is 25.0 Å². The van der Waals surface area contributed by atoms with E-state index in [1.54, 1.807) is 18.9 Å². The molecular formula is C14H14N2O3. The number of amides is 1. The number of likely N-dealkylation sites (N-methyl/N-ethyl adjacent to an activating group) is 1. The number of hydrogen-bond acceptors (Lipinski definition) is 4. The van der Waals surface area contributed by atoms with Gasteiger partial charge in [-0.25, -0.2) is 0 Å². The number of rotatable bonds is 1. The van der Waals surface area contributed by atoms with Crippen LogP contribution in [0, 0.1) is 11.3 Å². The van der Waals surface area contributed by atoms with Crippen LogP contribution in [0.5, 0.6) is 5.75 Å². The summed E-state index contributed by atoms with van der Waals surface area (Å²) in [4.78, 5) is 13.4. The molecule has 0 saturated carbocycles. The Morgan fingerprint density at radius 3 is 2.79 bits per heavy atom. The average Bonchev–Trinajstić information content (AvgIpc) is 2.35. The van der Waals surface area contributed by atoms with Crippen molar-refractivity contribution in [3.8, 4) is 11.8 Å². The van der Waals surface area contributed by atoms with Gasteiger partial charge in [0.1, 0.15) is 11.2 Å². The van der Waals surface area contributed by atoms with Crippen LogP contribution in [0.3, 0.4) is 0 Å². The van der Waals surface area contributed by atoms with E-state index in [4.69, 9.17) is 9.47 Å². The fourth-order valence-electron chi connectivity index (χ4n) is 2.42. The summed E-state index contributed by atoms with van der Waals surface area (Å²) in [6, 6.07) is 7.85. The van der Waals surface area contributed by atoms with Gasteiger partial charge >= 0.3 is 0 Å². The van der Waals surface area contributed by atoms with E-state index in [-0.39, 0.29) is 5.91 Å². The second-order valence-electron chi connectivity index (χ2n) is 5.03. The van der Waals surface area contributed by atoms with Gasteiger partial charge in [0.15, 0.2) is 6.10 Å². The third-order valence-electron chi connectivity index (χ3n) is 3.77. The van der Waals surface area contributed by atoms with Gasteiger partial charge in [-0.3, -0.25) is 4.79 Å². The molecule has 2 aliphatic rings. The van der Waals surface area contributed by atoms with Gasteiger partial charge in [-0.1, -0.05) is 6.07 Å². The first-order valence-corrected chi connectivity index (χ1v) is 6.15. The SMILES string of the molecule is CC1Oc2cc(C3(C#N)COC3)ccc2N(C)C1=O. The van der Waals surface area contributed by atoms with Gasteiger partial charge in [-0.15, -0.1) is 0 Å². The van der Waals surface area contributed by atoms with Crippen LogP contribution >= 0.6 is 0 Å². The summed E-state index contributed by atoms with van der Waals surface area (Å²) in [5.74, 6) is 0.579. The molecule has 1 aromatic rings. The minimum Gasteiger partial charge on any atom is -0.479 e. The topological polar surface area (TPSA) is 62.6 Å². The zero-order chi connectivity index (χ0) is 13.6. The predicted octanol–water partition coefficient (Wildman–Crippen LogP) is 1.22. The highest BCUT2D eigenvalue weighted by Crippen LogP contribution is 2.39. The highest BCUT2D eigenvalue weighted by molar-refractivity contribution is 5.99. The molecule has 0 spiro atoms. The standard InChI is InChI=1S/C14H14N2O3/c1-9-13(17)16(2)11-4-3-10(5-12(11)19-9)14(6-15)7-18-8-14/h3-5,9H,7-8H2,1-2H3. The van der Waals surface area contributed by atoms with Crippen molar-refractivity contribution in [2.24, 2.45) is 0 Å². The molecular weight excluding hydrogens is 244 g/mol. The quantitative estimate of drug-likeness (QED) is 0.760. The van der Waals surface area contributed by atoms with Crippen molar-refractivity contribution < 1.29 is 14.3 Å². The number of ether oxygens (including phenoxy) is 2. The molecule has 1 fully saturated rings. The maximum absolute atomic E-state index is 11.8. The first-order valence-electron chi connectivity index (χ1n) is 6.15. The summed E-state index contributed by atoms with van der Waals surface area (Å²) in [6.45, 7) is 2.54. The molecule has 19 heavy (non-hydrogen) atoms. The van der Waals surface area contributed by atoms with Crippen molar-refractivity contribution in [3.63, 3.8) is 0 Å². The highest BCUT2D eigenvalue weighted by atomic mass is 16.5. The Labute approximate surface area is 111 Å². The first-order chi connectivity index (χ1) is 9.07. The molecule has 2 heterocycles. The van der Waals surface area contributed by atoms with Gasteiger partial charge in [0.25, 0.3) is 5.91 Å². The van der Waals surface area contributed by atoms with E-state index in [0.29, 0.717) is 19.0 Å². The van der Waals surface area contributed by atoms with Gasteiger partial charge in [0, 0.05) is 7.05 Å². The van der Waals surface area contributed by atoms with Crippen molar-refractivity contribution >= 4 is 11.6 Å². The summed E-state index contributed by atoms with van der Waals surface area (Å²) in [6.07, 6.45) is -0.497. The lowest BCUT2D eigenvalue weighted by molar-refractivity contribution is -0.125. The number of fused-ring (bicyclic) bond motifs is 1. The van der Waals surface area contributed by atoms with Crippen LogP contribution in [0.15, 0.2) is 18.2 Å². The van der Waals surface area contributed by atoms with E-state index < -0.39 is 11.5 Å². The summed E-state index contributed by atoms with van der Waals surface area (Å²) < 4.78 is 10.8. The largest absolute Gasteiger partial charge is 0.479 e. The Morgan fingerprint density at radius 2 is 2.21 bits per heavy atom. The second kappa shape index (κ2) is 3.97. The summed E-state index contributed by atoms with van der Waals surface area (Å²) in [7, 11) is 1.73. The van der Waals surface area contributed by atoms with Crippen LogP contribution < -0.4 is 9.64 Å². The Bertz CT molecular complexity index is 587. The number of anilines is 1. The van der Waals surface area contributed by atoms with Gasteiger partial charge in [-0.05, 0) is 24.6 Å². The molecule has 2 aliphatic heterocycles. The van der Waals surface area contributed by atoms with Crippen LogP contribution in [-0.2, 0) is 14.9 Å². The molecule has 0 radical (unpaired) electrons. The Balaban J connectivity index is 2.04. The lowest BCUT2D eigenvalue weighted by Gasteiger charge is -2.37. The fourth-order valence-corrected chi connectivity index (χ4v) is 2.42. The molecule has 0 aromatic heterocycles. The fraction of sp³-hybridized carbons (Fsp3) is 0.429. The highest BCUT2D eigenvalue weighted by Gasteiger charge is 2.42. The molecule has 5 nitrogen and oxygen atoms in total. The van der Waals surface area contributed by atoms with Gasteiger partial charge in [0.2, 0.25) is 0 Å². The molecule has 1 atom stereocenters. The molecule has 0 aliphatic carbocycles. The molecule has 1 amide bonds. The van der Waals surface area contributed by atoms with Crippen LogP contribution in [0.25, 0.3) is 0 Å². The lowest BCUT2D eigenvalue weighted by atomic mass is 9.80. The van der Waals surface area contributed by atoms with E-state index >= 15 is 0 Å². The average molecular weight is 258 g/mol. The van der Waals surface area contributed by atoms with Gasteiger partial charge in [-0.2, -0.15) is 5.26 Å². The maximum atomic E-state index is 11.8. The van der Waals surface area contributed by atoms with Crippen molar-refractivity contribution in [1.82, 2.24) is 0 Å². The minimum atomic E-state index is -0.568. The Morgan fingerprint density at radius 1 is 1.47 bits per heavy atom. The molecule has 3 rings (SSSR count). The molecule has 0 N–H and O–H groups in total. The van der Waals surface area contributed by atoms with E-state index in [9.17, 15) is 10.1 Å². The molecule has 5 heteroatoms. The number of nitriles is 1. The Hall–Kier alpha value is -2.06. The van der Waals surface area contributed by atoms with E-state index in [1.807, 2.05) is 18.2 Å². The number of carbonyl (C=O) groups is 1. The monoisotopic (exact) mass is 258 g/mol. The molecule has 1 aromatic carbocycles. The number of carbonyl (C=O) groups excluding carboxylic acids is 1.